The lowest BCUT2D eigenvalue weighted by atomic mass is 10.00. The van der Waals surface area contributed by atoms with Crippen LogP contribution in [0, 0.1) is 0 Å². The van der Waals surface area contributed by atoms with Gasteiger partial charge in [-0.25, -0.2) is 0 Å². The number of carbonyl (C=O) groups is 1. The van der Waals surface area contributed by atoms with Gasteiger partial charge in [0.15, 0.2) is 5.54 Å². The van der Waals surface area contributed by atoms with Crippen LogP contribution in [0.4, 0.5) is 13.2 Å². The van der Waals surface area contributed by atoms with E-state index in [-0.39, 0.29) is 11.9 Å². The van der Waals surface area contributed by atoms with Crippen molar-refractivity contribution in [3.8, 4) is 5.75 Å². The largest absolute Gasteiger partial charge is 0.490 e. The van der Waals surface area contributed by atoms with Gasteiger partial charge in [0.05, 0.1) is 16.8 Å². The third-order valence-corrected chi connectivity index (χ3v) is 4.50. The summed E-state index contributed by atoms with van der Waals surface area (Å²) in [6, 6.07) is 1.62. The van der Waals surface area contributed by atoms with E-state index >= 15 is 0 Å². The highest BCUT2D eigenvalue weighted by Gasteiger charge is 2.58. The first kappa shape index (κ1) is 14.6. The van der Waals surface area contributed by atoms with Gasteiger partial charge in [0, 0.05) is 0 Å². The molecule has 0 bridgehead atoms. The molecule has 0 spiro atoms. The maximum absolute atomic E-state index is 13.3. The van der Waals surface area contributed by atoms with E-state index in [2.05, 4.69) is 15.9 Å². The van der Waals surface area contributed by atoms with Crippen LogP contribution in [-0.2, 0) is 11.3 Å². The van der Waals surface area contributed by atoms with Gasteiger partial charge in [-0.3, -0.25) is 4.79 Å². The Hall–Kier alpha value is -0.760. The molecule has 0 radical (unpaired) electrons. The molecule has 19 heavy (non-hydrogen) atoms. The smallest absolute Gasteiger partial charge is 0.414 e. The van der Waals surface area contributed by atoms with Crippen LogP contribution in [-0.4, -0.2) is 34.5 Å². The highest BCUT2D eigenvalue weighted by molar-refractivity contribution is 9.09. The zero-order valence-corrected chi connectivity index (χ0v) is 12.4. The minimum Gasteiger partial charge on any atom is -0.490 e. The van der Waals surface area contributed by atoms with E-state index in [0.717, 1.165) is 11.8 Å². The maximum Gasteiger partial charge on any atom is 0.414 e. The lowest BCUT2D eigenvalue weighted by Gasteiger charge is -2.40. The molecule has 0 unspecified atom stereocenters. The molecule has 1 atom stereocenters. The lowest BCUT2D eigenvalue weighted by molar-refractivity contribution is -0.233. The molecule has 106 valence electrons. The Labute approximate surface area is 120 Å². The minimum atomic E-state index is -4.56. The summed E-state index contributed by atoms with van der Waals surface area (Å²) in [6.07, 6.45) is -4.56. The molecule has 1 aliphatic heterocycles. The predicted octanol–water partition coefficient (Wildman–Crippen LogP) is 3.19. The molecule has 1 amide bonds. The highest BCUT2D eigenvalue weighted by atomic mass is 79.9. The number of rotatable bonds is 1. The van der Waals surface area contributed by atoms with Gasteiger partial charge < -0.3 is 9.64 Å². The van der Waals surface area contributed by atoms with Crippen LogP contribution >= 0.6 is 27.3 Å². The first-order chi connectivity index (χ1) is 8.79. The third-order valence-electron chi connectivity index (χ3n) is 3.14. The van der Waals surface area contributed by atoms with Crippen molar-refractivity contribution in [1.82, 2.24) is 4.90 Å². The Balaban J connectivity index is 2.44. The van der Waals surface area contributed by atoms with E-state index < -0.39 is 24.2 Å². The van der Waals surface area contributed by atoms with Crippen LogP contribution < -0.4 is 4.74 Å². The fraction of sp³-hybridized carbons (Fsp3) is 0.545. The fourth-order valence-electron chi connectivity index (χ4n) is 1.86. The molecule has 1 aromatic heterocycles. The number of amides is 1. The second kappa shape index (κ2) is 4.97. The van der Waals surface area contributed by atoms with Gasteiger partial charge in [-0.15, -0.1) is 11.3 Å². The Morgan fingerprint density at radius 2 is 2.32 bits per heavy atom. The van der Waals surface area contributed by atoms with Crippen LogP contribution in [0.3, 0.4) is 0 Å². The van der Waals surface area contributed by atoms with E-state index in [4.69, 9.17) is 4.74 Å². The zero-order valence-electron chi connectivity index (χ0n) is 9.96. The summed E-state index contributed by atoms with van der Waals surface area (Å²) in [4.78, 5) is 13.3. The van der Waals surface area contributed by atoms with Crippen molar-refractivity contribution < 1.29 is 22.7 Å². The molecule has 0 saturated heterocycles. The number of thiophene rings is 1. The van der Waals surface area contributed by atoms with Crippen molar-refractivity contribution in [2.45, 2.75) is 25.2 Å². The van der Waals surface area contributed by atoms with Crippen molar-refractivity contribution in [1.29, 1.82) is 0 Å². The normalized spacial score (nSPS) is 23.5. The SMILES string of the molecule is C[C@]1(C(F)(F)F)COc2ccsc2CN1C(=O)CBr. The standard InChI is InChI=1S/C11H11BrF3NO2S/c1-10(11(13,14)15)6-18-7-2-3-19-8(7)5-16(10)9(17)4-12/h2-3H,4-6H2,1H3/t10-/m1/s1. The molecule has 2 rings (SSSR count). The summed E-state index contributed by atoms with van der Waals surface area (Å²) in [6.45, 7) is 0.302. The van der Waals surface area contributed by atoms with Gasteiger partial charge in [-0.1, -0.05) is 15.9 Å². The van der Waals surface area contributed by atoms with Crippen molar-refractivity contribution in [3.05, 3.63) is 16.3 Å². The number of ether oxygens (including phenoxy) is 1. The van der Waals surface area contributed by atoms with Crippen molar-refractivity contribution in [3.63, 3.8) is 0 Å². The molecule has 0 N–H and O–H groups in total. The van der Waals surface area contributed by atoms with Crippen molar-refractivity contribution in [2.75, 3.05) is 11.9 Å². The Morgan fingerprint density at radius 1 is 1.63 bits per heavy atom. The third kappa shape index (κ3) is 2.47. The molecule has 2 heterocycles. The molecule has 0 saturated carbocycles. The second-order valence-corrected chi connectivity index (χ2v) is 5.94. The molecule has 1 aliphatic rings. The number of nitrogens with zero attached hydrogens (tertiary/aromatic N) is 1. The van der Waals surface area contributed by atoms with E-state index in [1.54, 1.807) is 11.4 Å². The first-order valence-electron chi connectivity index (χ1n) is 5.42. The molecular formula is C11H11BrF3NO2S. The lowest BCUT2D eigenvalue weighted by Crippen LogP contribution is -2.61. The average molecular weight is 358 g/mol. The van der Waals surface area contributed by atoms with Gasteiger partial charge in [-0.2, -0.15) is 13.2 Å². The molecule has 1 aromatic rings. The van der Waals surface area contributed by atoms with Gasteiger partial charge in [0.2, 0.25) is 5.91 Å². The Bertz CT molecular complexity index is 491. The first-order valence-corrected chi connectivity index (χ1v) is 7.42. The quantitative estimate of drug-likeness (QED) is 0.722. The van der Waals surface area contributed by atoms with Crippen LogP contribution in [0.2, 0.25) is 0 Å². The summed E-state index contributed by atoms with van der Waals surface area (Å²) < 4.78 is 45.1. The van der Waals surface area contributed by atoms with Crippen molar-refractivity contribution in [2.24, 2.45) is 0 Å². The monoisotopic (exact) mass is 357 g/mol. The van der Waals surface area contributed by atoms with Gasteiger partial charge in [0.1, 0.15) is 12.4 Å². The van der Waals surface area contributed by atoms with E-state index in [9.17, 15) is 18.0 Å². The fourth-order valence-corrected chi connectivity index (χ4v) is 2.96. The van der Waals surface area contributed by atoms with E-state index in [1.165, 1.54) is 11.3 Å². The van der Waals surface area contributed by atoms with Gasteiger partial charge in [-0.05, 0) is 18.4 Å². The topological polar surface area (TPSA) is 29.5 Å². The molecule has 3 nitrogen and oxygen atoms in total. The average Bonchev–Trinajstić information content (AvgIpc) is 2.72. The number of fused-ring (bicyclic) bond motifs is 1. The summed E-state index contributed by atoms with van der Waals surface area (Å²) in [5, 5.41) is 1.58. The van der Waals surface area contributed by atoms with Crippen LogP contribution in [0.15, 0.2) is 11.4 Å². The number of carbonyl (C=O) groups excluding carboxylic acids is 1. The van der Waals surface area contributed by atoms with Crippen LogP contribution in [0.1, 0.15) is 11.8 Å². The molecule has 0 fully saturated rings. The number of alkyl halides is 4. The zero-order chi connectivity index (χ0) is 14.3. The highest BCUT2D eigenvalue weighted by Crippen LogP contribution is 2.41. The summed E-state index contributed by atoms with van der Waals surface area (Å²) in [5.74, 6) is -0.185. The van der Waals surface area contributed by atoms with Crippen molar-refractivity contribution >= 4 is 33.2 Å². The number of hydrogen-bond donors (Lipinski definition) is 0. The summed E-state index contributed by atoms with van der Waals surface area (Å²) in [5.41, 5.74) is -2.32. The second-order valence-electron chi connectivity index (χ2n) is 4.38. The van der Waals surface area contributed by atoms with E-state index in [1.807, 2.05) is 0 Å². The molecule has 8 heteroatoms. The number of hydrogen-bond acceptors (Lipinski definition) is 3. The Morgan fingerprint density at radius 3 is 2.89 bits per heavy atom. The Kier molecular flexibility index (Phi) is 3.83. The van der Waals surface area contributed by atoms with Crippen LogP contribution in [0.25, 0.3) is 0 Å². The molecule has 0 aromatic carbocycles. The van der Waals surface area contributed by atoms with E-state index in [0.29, 0.717) is 10.6 Å². The van der Waals surface area contributed by atoms with Gasteiger partial charge in [0.25, 0.3) is 0 Å². The van der Waals surface area contributed by atoms with Gasteiger partial charge >= 0.3 is 6.18 Å². The summed E-state index contributed by atoms with van der Waals surface area (Å²) in [7, 11) is 0. The molecule has 0 aliphatic carbocycles. The predicted molar refractivity (Wildman–Crippen MR) is 68.6 cm³/mol. The summed E-state index contributed by atoms with van der Waals surface area (Å²) >= 11 is 4.21. The van der Waals surface area contributed by atoms with Crippen LogP contribution in [0.5, 0.6) is 5.75 Å². The molecular weight excluding hydrogens is 347 g/mol. The number of halogens is 4. The maximum atomic E-state index is 13.3. The minimum absolute atomic E-state index is 0.0898.